The number of hydrogen-bond donors (Lipinski definition) is 1. The Bertz CT molecular complexity index is 1360. The highest BCUT2D eigenvalue weighted by atomic mass is 15.1. The van der Waals surface area contributed by atoms with Gasteiger partial charge in [-0.25, -0.2) is 9.97 Å². The monoisotopic (exact) mass is 381 g/mol. The first-order valence-corrected chi connectivity index (χ1v) is 9.91. The van der Waals surface area contributed by atoms with E-state index in [0.29, 0.717) is 6.04 Å². The lowest BCUT2D eigenvalue weighted by molar-refractivity contribution is 0.600. The lowest BCUT2D eigenvalue weighted by Crippen LogP contribution is -2.02. The summed E-state index contributed by atoms with van der Waals surface area (Å²) in [6, 6.07) is 13.1. The molecule has 5 heteroatoms. The molecule has 0 bridgehead atoms. The van der Waals surface area contributed by atoms with E-state index in [2.05, 4.69) is 76.7 Å². The average Bonchev–Trinajstić information content (AvgIpc) is 3.27. The van der Waals surface area contributed by atoms with Crippen molar-refractivity contribution < 1.29 is 0 Å². The summed E-state index contributed by atoms with van der Waals surface area (Å²) in [7, 11) is 0. The van der Waals surface area contributed by atoms with Gasteiger partial charge in [0.2, 0.25) is 0 Å². The molecule has 5 nitrogen and oxygen atoms in total. The summed E-state index contributed by atoms with van der Waals surface area (Å²) in [5, 5.41) is 1.07. The van der Waals surface area contributed by atoms with Gasteiger partial charge < -0.3 is 9.55 Å². The van der Waals surface area contributed by atoms with Gasteiger partial charge in [-0.15, -0.1) is 0 Å². The lowest BCUT2D eigenvalue weighted by Gasteiger charge is -2.11. The smallest absolute Gasteiger partial charge is 0.137 e. The van der Waals surface area contributed by atoms with E-state index in [9.17, 15) is 0 Å². The minimum atomic E-state index is 0.340. The summed E-state index contributed by atoms with van der Waals surface area (Å²) >= 11 is 0. The Morgan fingerprint density at radius 2 is 1.79 bits per heavy atom. The summed E-state index contributed by atoms with van der Waals surface area (Å²) in [6.45, 7) is 8.53. The predicted molar refractivity (Wildman–Crippen MR) is 118 cm³/mol. The van der Waals surface area contributed by atoms with Gasteiger partial charge in [0.25, 0.3) is 0 Å². The molecule has 0 aliphatic heterocycles. The molecule has 4 aromatic heterocycles. The van der Waals surface area contributed by atoms with Gasteiger partial charge in [-0.1, -0.05) is 24.3 Å². The SMILES string of the molecule is Cc1ccccc1-c1cnc2[nH]cc(-c3cc4c(cn3)nc(C)n4C(C)C)c2c1. The first-order chi connectivity index (χ1) is 14.0. The van der Waals surface area contributed by atoms with E-state index in [1.165, 1.54) is 11.1 Å². The summed E-state index contributed by atoms with van der Waals surface area (Å²) < 4.78 is 2.26. The highest BCUT2D eigenvalue weighted by Gasteiger charge is 2.15. The first kappa shape index (κ1) is 17.6. The van der Waals surface area contributed by atoms with E-state index in [0.717, 1.165) is 44.7 Å². The fraction of sp³-hybridized carbons (Fsp3) is 0.208. The number of hydrogen-bond acceptors (Lipinski definition) is 3. The zero-order valence-corrected chi connectivity index (χ0v) is 17.1. The predicted octanol–water partition coefficient (Wildman–Crippen LogP) is 5.84. The van der Waals surface area contributed by atoms with Gasteiger partial charge in [-0.3, -0.25) is 4.98 Å². The minimum Gasteiger partial charge on any atom is -0.345 e. The van der Waals surface area contributed by atoms with Crippen molar-refractivity contribution in [1.29, 1.82) is 0 Å². The van der Waals surface area contributed by atoms with E-state index in [4.69, 9.17) is 4.98 Å². The van der Waals surface area contributed by atoms with Gasteiger partial charge in [0.05, 0.1) is 17.4 Å². The Morgan fingerprint density at radius 3 is 2.59 bits per heavy atom. The van der Waals surface area contributed by atoms with Crippen LogP contribution >= 0.6 is 0 Å². The third-order valence-corrected chi connectivity index (χ3v) is 5.53. The van der Waals surface area contributed by atoms with E-state index in [1.807, 2.05) is 25.5 Å². The molecule has 1 N–H and O–H groups in total. The number of benzene rings is 1. The van der Waals surface area contributed by atoms with Gasteiger partial charge in [0, 0.05) is 34.9 Å². The molecule has 1 aromatic carbocycles. The van der Waals surface area contributed by atoms with E-state index in [-0.39, 0.29) is 0 Å². The maximum atomic E-state index is 4.71. The zero-order valence-electron chi connectivity index (χ0n) is 17.1. The van der Waals surface area contributed by atoms with E-state index < -0.39 is 0 Å². The molecule has 0 saturated heterocycles. The minimum absolute atomic E-state index is 0.340. The van der Waals surface area contributed by atoms with Gasteiger partial charge in [0.15, 0.2) is 0 Å². The molecule has 0 amide bonds. The maximum absolute atomic E-state index is 4.71. The van der Waals surface area contributed by atoms with Gasteiger partial charge in [-0.05, 0) is 51.0 Å². The Balaban J connectivity index is 1.70. The van der Waals surface area contributed by atoms with Crippen molar-refractivity contribution >= 4 is 22.1 Å². The Labute approximate surface area is 169 Å². The van der Waals surface area contributed by atoms with Crippen LogP contribution in [0.5, 0.6) is 0 Å². The molecule has 0 radical (unpaired) electrons. The van der Waals surface area contributed by atoms with Crippen LogP contribution in [0.15, 0.2) is 55.0 Å². The summed E-state index contributed by atoms with van der Waals surface area (Å²) in [5.74, 6) is 1.01. The van der Waals surface area contributed by atoms with Crippen molar-refractivity contribution in [2.75, 3.05) is 0 Å². The van der Waals surface area contributed by atoms with Gasteiger partial charge >= 0.3 is 0 Å². The van der Waals surface area contributed by atoms with Crippen LogP contribution in [0.2, 0.25) is 0 Å². The number of nitrogens with one attached hydrogen (secondary N) is 1. The van der Waals surface area contributed by atoms with Crippen LogP contribution in [0.1, 0.15) is 31.3 Å². The molecule has 0 atom stereocenters. The van der Waals surface area contributed by atoms with Gasteiger partial charge in [0.1, 0.15) is 17.0 Å². The summed E-state index contributed by atoms with van der Waals surface area (Å²) in [5.41, 5.74) is 8.44. The van der Waals surface area contributed by atoms with Crippen LogP contribution in [-0.2, 0) is 0 Å². The number of H-pyrrole nitrogens is 1. The van der Waals surface area contributed by atoms with Crippen molar-refractivity contribution in [1.82, 2.24) is 24.5 Å². The number of pyridine rings is 2. The zero-order chi connectivity index (χ0) is 20.1. The topological polar surface area (TPSA) is 59.4 Å². The molecule has 5 aromatic rings. The number of aromatic nitrogens is 5. The quantitative estimate of drug-likeness (QED) is 0.427. The largest absolute Gasteiger partial charge is 0.345 e. The lowest BCUT2D eigenvalue weighted by atomic mass is 10.0. The number of aromatic amines is 1. The van der Waals surface area contributed by atoms with E-state index in [1.54, 1.807) is 0 Å². The van der Waals surface area contributed by atoms with Crippen molar-refractivity contribution in [3.8, 4) is 22.4 Å². The highest BCUT2D eigenvalue weighted by Crippen LogP contribution is 2.32. The standard InChI is InChI=1S/C24H23N5/c1-14(2)29-16(4)28-22-13-25-21(10-23(22)29)20-12-27-24-19(20)9-17(11-26-24)18-8-6-5-7-15(18)3/h5-14H,1-4H3,(H,26,27). The average molecular weight is 381 g/mol. The Hall–Kier alpha value is -3.47. The molecule has 29 heavy (non-hydrogen) atoms. The molecule has 4 heterocycles. The summed E-state index contributed by atoms with van der Waals surface area (Å²) in [6.07, 6.45) is 5.79. The summed E-state index contributed by atoms with van der Waals surface area (Å²) in [4.78, 5) is 17.3. The van der Waals surface area contributed by atoms with Crippen LogP contribution in [0.25, 0.3) is 44.5 Å². The van der Waals surface area contributed by atoms with Crippen molar-refractivity contribution in [2.45, 2.75) is 33.7 Å². The normalized spacial score (nSPS) is 11.8. The van der Waals surface area contributed by atoms with Crippen LogP contribution in [0.3, 0.4) is 0 Å². The fourth-order valence-electron chi connectivity index (χ4n) is 4.18. The second kappa shape index (κ2) is 6.55. The Morgan fingerprint density at radius 1 is 0.966 bits per heavy atom. The van der Waals surface area contributed by atoms with Crippen molar-refractivity contribution in [2.24, 2.45) is 0 Å². The molecule has 5 rings (SSSR count). The van der Waals surface area contributed by atoms with Crippen molar-refractivity contribution in [3.63, 3.8) is 0 Å². The number of aryl methyl sites for hydroxylation is 2. The molecule has 0 aliphatic rings. The second-order valence-corrected chi connectivity index (χ2v) is 7.82. The maximum Gasteiger partial charge on any atom is 0.137 e. The molecule has 0 aliphatic carbocycles. The molecule has 0 unspecified atom stereocenters. The van der Waals surface area contributed by atoms with Crippen LogP contribution in [0.4, 0.5) is 0 Å². The van der Waals surface area contributed by atoms with Gasteiger partial charge in [-0.2, -0.15) is 0 Å². The third kappa shape index (κ3) is 2.81. The molecule has 0 spiro atoms. The molecule has 144 valence electrons. The van der Waals surface area contributed by atoms with E-state index >= 15 is 0 Å². The molecular weight excluding hydrogens is 358 g/mol. The number of fused-ring (bicyclic) bond motifs is 2. The fourth-order valence-corrected chi connectivity index (χ4v) is 4.18. The van der Waals surface area contributed by atoms with Crippen LogP contribution < -0.4 is 0 Å². The molecule has 0 fully saturated rings. The molecule has 0 saturated carbocycles. The van der Waals surface area contributed by atoms with Crippen LogP contribution in [-0.4, -0.2) is 24.5 Å². The third-order valence-electron chi connectivity index (χ3n) is 5.53. The number of nitrogens with zero attached hydrogens (tertiary/aromatic N) is 4. The number of rotatable bonds is 3. The molecular formula is C24H23N5. The van der Waals surface area contributed by atoms with Crippen LogP contribution in [0, 0.1) is 13.8 Å². The first-order valence-electron chi connectivity index (χ1n) is 9.91. The second-order valence-electron chi connectivity index (χ2n) is 7.82. The highest BCUT2D eigenvalue weighted by molar-refractivity contribution is 5.96. The van der Waals surface area contributed by atoms with Crippen molar-refractivity contribution in [3.05, 3.63) is 66.4 Å². The number of imidazole rings is 1. The Kier molecular flexibility index (Phi) is 3.98.